The van der Waals surface area contributed by atoms with Gasteiger partial charge in [-0.25, -0.2) is 0 Å². The zero-order chi connectivity index (χ0) is 11.4. The van der Waals surface area contributed by atoms with E-state index in [0.29, 0.717) is 18.1 Å². The van der Waals surface area contributed by atoms with Crippen molar-refractivity contribution in [1.29, 1.82) is 0 Å². The molecule has 3 atom stereocenters. The largest absolute Gasteiger partial charge is 0.496 e. The second-order valence-electron chi connectivity index (χ2n) is 4.70. The Morgan fingerprint density at radius 2 is 2.38 bits per heavy atom. The summed E-state index contributed by atoms with van der Waals surface area (Å²) in [4.78, 5) is 0. The minimum absolute atomic E-state index is 0.347. The summed E-state index contributed by atoms with van der Waals surface area (Å²) in [6.07, 6.45) is 5.94. The van der Waals surface area contributed by atoms with Crippen molar-refractivity contribution in [1.82, 2.24) is 5.32 Å². The Kier molecular flexibility index (Phi) is 4.24. The highest BCUT2D eigenvalue weighted by Crippen LogP contribution is 2.29. The average molecular weight is 225 g/mol. The summed E-state index contributed by atoms with van der Waals surface area (Å²) < 4.78 is 11.4. The van der Waals surface area contributed by atoms with Crippen LogP contribution in [-0.4, -0.2) is 31.9 Å². The van der Waals surface area contributed by atoms with Gasteiger partial charge in [0.15, 0.2) is 0 Å². The molecule has 0 aromatic carbocycles. The van der Waals surface area contributed by atoms with Crippen LogP contribution in [0.1, 0.15) is 33.1 Å². The molecule has 92 valence electrons. The Hall–Kier alpha value is -0.540. The molecule has 1 N–H and O–H groups in total. The number of rotatable bonds is 5. The molecule has 1 fully saturated rings. The summed E-state index contributed by atoms with van der Waals surface area (Å²) >= 11 is 0. The van der Waals surface area contributed by atoms with E-state index >= 15 is 0 Å². The van der Waals surface area contributed by atoms with Gasteiger partial charge in [0.1, 0.15) is 5.76 Å². The second kappa shape index (κ2) is 5.69. The maximum absolute atomic E-state index is 5.72. The SMILES string of the molecule is CCCNC(C1=CCCO1)C1CCOC1C. The monoisotopic (exact) mass is 225 g/mol. The summed E-state index contributed by atoms with van der Waals surface area (Å²) in [6, 6.07) is 0.361. The lowest BCUT2D eigenvalue weighted by atomic mass is 9.91. The van der Waals surface area contributed by atoms with E-state index in [9.17, 15) is 0 Å². The fourth-order valence-electron chi connectivity index (χ4n) is 2.60. The molecule has 3 unspecified atom stereocenters. The van der Waals surface area contributed by atoms with E-state index in [2.05, 4.69) is 25.2 Å². The zero-order valence-corrected chi connectivity index (χ0v) is 10.4. The first-order valence-corrected chi connectivity index (χ1v) is 6.50. The van der Waals surface area contributed by atoms with Gasteiger partial charge in [0, 0.05) is 18.9 Å². The number of hydrogen-bond acceptors (Lipinski definition) is 3. The van der Waals surface area contributed by atoms with Crippen molar-refractivity contribution >= 4 is 0 Å². The lowest BCUT2D eigenvalue weighted by Crippen LogP contribution is -2.41. The van der Waals surface area contributed by atoms with Gasteiger partial charge >= 0.3 is 0 Å². The average Bonchev–Trinajstić information content (AvgIpc) is 2.91. The molecule has 0 radical (unpaired) electrons. The summed E-state index contributed by atoms with van der Waals surface area (Å²) in [7, 11) is 0. The van der Waals surface area contributed by atoms with Crippen molar-refractivity contribution < 1.29 is 9.47 Å². The van der Waals surface area contributed by atoms with Crippen LogP contribution in [0.25, 0.3) is 0 Å². The predicted octanol–water partition coefficient (Wildman–Crippen LogP) is 2.08. The fourth-order valence-corrected chi connectivity index (χ4v) is 2.60. The van der Waals surface area contributed by atoms with Crippen LogP contribution in [0.15, 0.2) is 11.8 Å². The van der Waals surface area contributed by atoms with E-state index in [0.717, 1.165) is 44.8 Å². The molecule has 0 aromatic rings. The maximum Gasteiger partial charge on any atom is 0.109 e. The first-order chi connectivity index (χ1) is 7.83. The number of hydrogen-bond donors (Lipinski definition) is 1. The third kappa shape index (κ3) is 2.58. The molecule has 2 aliphatic heterocycles. The Balaban J connectivity index is 2.01. The molecule has 2 aliphatic rings. The van der Waals surface area contributed by atoms with Crippen molar-refractivity contribution in [3.8, 4) is 0 Å². The lowest BCUT2D eigenvalue weighted by Gasteiger charge is -2.27. The molecule has 3 heteroatoms. The lowest BCUT2D eigenvalue weighted by molar-refractivity contribution is 0.0898. The van der Waals surface area contributed by atoms with Crippen molar-refractivity contribution in [3.63, 3.8) is 0 Å². The summed E-state index contributed by atoms with van der Waals surface area (Å²) in [5.41, 5.74) is 0. The Morgan fingerprint density at radius 1 is 1.50 bits per heavy atom. The van der Waals surface area contributed by atoms with Gasteiger partial charge in [-0.1, -0.05) is 6.92 Å². The summed E-state index contributed by atoms with van der Waals surface area (Å²) in [6.45, 7) is 7.16. The Labute approximate surface area is 98.2 Å². The van der Waals surface area contributed by atoms with Gasteiger partial charge in [0.05, 0.1) is 18.8 Å². The van der Waals surface area contributed by atoms with Gasteiger partial charge < -0.3 is 14.8 Å². The molecule has 1 saturated heterocycles. The highest BCUT2D eigenvalue weighted by molar-refractivity contribution is 5.10. The second-order valence-corrected chi connectivity index (χ2v) is 4.70. The van der Waals surface area contributed by atoms with Gasteiger partial charge in [0.2, 0.25) is 0 Å². The predicted molar refractivity (Wildman–Crippen MR) is 64.3 cm³/mol. The number of nitrogens with one attached hydrogen (secondary N) is 1. The van der Waals surface area contributed by atoms with Crippen LogP contribution in [0.2, 0.25) is 0 Å². The standard InChI is InChI=1S/C13H23NO2/c1-3-7-14-13(12-5-4-8-16-12)11-6-9-15-10(11)2/h5,10-11,13-14H,3-4,6-9H2,1-2H3. The van der Waals surface area contributed by atoms with Gasteiger partial charge in [-0.05, 0) is 32.4 Å². The Morgan fingerprint density at radius 3 is 2.94 bits per heavy atom. The highest BCUT2D eigenvalue weighted by atomic mass is 16.5. The molecule has 0 saturated carbocycles. The van der Waals surface area contributed by atoms with Crippen molar-refractivity contribution in [2.24, 2.45) is 5.92 Å². The topological polar surface area (TPSA) is 30.5 Å². The van der Waals surface area contributed by atoms with Crippen LogP contribution in [0.4, 0.5) is 0 Å². The molecule has 3 nitrogen and oxygen atoms in total. The molecule has 16 heavy (non-hydrogen) atoms. The van der Waals surface area contributed by atoms with E-state index in [4.69, 9.17) is 9.47 Å². The maximum atomic E-state index is 5.72. The van der Waals surface area contributed by atoms with Gasteiger partial charge in [-0.3, -0.25) is 0 Å². The molecule has 0 aromatic heterocycles. The first-order valence-electron chi connectivity index (χ1n) is 6.50. The van der Waals surface area contributed by atoms with E-state index < -0.39 is 0 Å². The Bertz CT molecular complexity index is 252. The summed E-state index contributed by atoms with van der Waals surface area (Å²) in [5.74, 6) is 1.71. The third-order valence-electron chi connectivity index (χ3n) is 3.52. The van der Waals surface area contributed by atoms with E-state index in [1.54, 1.807) is 0 Å². The van der Waals surface area contributed by atoms with E-state index in [1.165, 1.54) is 0 Å². The molecule has 2 heterocycles. The normalized spacial score (nSPS) is 31.2. The minimum Gasteiger partial charge on any atom is -0.496 e. The van der Waals surface area contributed by atoms with Gasteiger partial charge in [-0.15, -0.1) is 0 Å². The van der Waals surface area contributed by atoms with Crippen LogP contribution in [-0.2, 0) is 9.47 Å². The smallest absolute Gasteiger partial charge is 0.109 e. The fraction of sp³-hybridized carbons (Fsp3) is 0.846. The van der Waals surface area contributed by atoms with Crippen LogP contribution in [0, 0.1) is 5.92 Å². The molecule has 0 amide bonds. The van der Waals surface area contributed by atoms with Gasteiger partial charge in [-0.2, -0.15) is 0 Å². The third-order valence-corrected chi connectivity index (χ3v) is 3.52. The zero-order valence-electron chi connectivity index (χ0n) is 10.4. The molecular formula is C13H23NO2. The van der Waals surface area contributed by atoms with Crippen LogP contribution in [0.3, 0.4) is 0 Å². The first kappa shape index (κ1) is 11.9. The number of ether oxygens (including phenoxy) is 2. The van der Waals surface area contributed by atoms with E-state index in [-0.39, 0.29) is 0 Å². The van der Waals surface area contributed by atoms with Gasteiger partial charge in [0.25, 0.3) is 0 Å². The highest BCUT2D eigenvalue weighted by Gasteiger charge is 2.35. The molecule has 0 spiro atoms. The molecule has 0 aliphatic carbocycles. The molecular weight excluding hydrogens is 202 g/mol. The van der Waals surface area contributed by atoms with Crippen LogP contribution in [0.5, 0.6) is 0 Å². The van der Waals surface area contributed by atoms with Crippen LogP contribution >= 0.6 is 0 Å². The van der Waals surface area contributed by atoms with Crippen molar-refractivity contribution in [2.75, 3.05) is 19.8 Å². The van der Waals surface area contributed by atoms with Crippen molar-refractivity contribution in [2.45, 2.75) is 45.3 Å². The molecule has 2 rings (SSSR count). The van der Waals surface area contributed by atoms with Crippen LogP contribution < -0.4 is 5.32 Å². The summed E-state index contributed by atoms with van der Waals surface area (Å²) in [5, 5.41) is 3.61. The quantitative estimate of drug-likeness (QED) is 0.777. The minimum atomic E-state index is 0.347. The van der Waals surface area contributed by atoms with Crippen molar-refractivity contribution in [3.05, 3.63) is 11.8 Å². The van der Waals surface area contributed by atoms with E-state index in [1.807, 2.05) is 0 Å². The molecule has 0 bridgehead atoms.